The second kappa shape index (κ2) is 6.96. The van der Waals surface area contributed by atoms with Crippen LogP contribution in [-0.2, 0) is 18.3 Å². The number of likely N-dealkylation sites (tertiary alicyclic amines) is 1. The molecule has 0 radical (unpaired) electrons. The molecule has 2 aromatic carbocycles. The van der Waals surface area contributed by atoms with Crippen molar-refractivity contribution in [1.29, 1.82) is 0 Å². The van der Waals surface area contributed by atoms with E-state index in [0.29, 0.717) is 19.4 Å². The lowest BCUT2D eigenvalue weighted by Gasteiger charge is -2.56. The number of piperidine rings is 1. The zero-order valence-electron chi connectivity index (χ0n) is 17.2. The largest absolute Gasteiger partial charge is 0.497 e. The molecular formula is C25H27FN2O2. The van der Waals surface area contributed by atoms with E-state index in [4.69, 9.17) is 4.74 Å². The van der Waals surface area contributed by atoms with Gasteiger partial charge in [-0.1, -0.05) is 18.2 Å². The Hall–Kier alpha value is -2.63. The summed E-state index contributed by atoms with van der Waals surface area (Å²) >= 11 is 0. The summed E-state index contributed by atoms with van der Waals surface area (Å²) in [7, 11) is 1.67. The van der Waals surface area contributed by atoms with Crippen LogP contribution in [-0.4, -0.2) is 47.3 Å². The molecule has 30 heavy (non-hydrogen) atoms. The highest BCUT2D eigenvalue weighted by Gasteiger charge is 2.57. The van der Waals surface area contributed by atoms with E-state index in [9.17, 15) is 9.50 Å². The van der Waals surface area contributed by atoms with Crippen LogP contribution in [0.5, 0.6) is 5.75 Å². The van der Waals surface area contributed by atoms with Gasteiger partial charge in [-0.25, -0.2) is 4.39 Å². The summed E-state index contributed by atoms with van der Waals surface area (Å²) < 4.78 is 19.5. The number of aromatic amines is 1. The van der Waals surface area contributed by atoms with Crippen molar-refractivity contribution in [3.05, 3.63) is 77.8 Å². The molecule has 1 fully saturated rings. The van der Waals surface area contributed by atoms with Crippen LogP contribution in [0.1, 0.15) is 23.2 Å². The number of hydrogen-bond acceptors (Lipinski definition) is 3. The molecule has 1 aromatic heterocycles. The molecule has 2 N–H and O–H groups in total. The normalized spacial score (nSPS) is 26.2. The minimum atomic E-state index is -0.977. The van der Waals surface area contributed by atoms with Gasteiger partial charge in [-0.3, -0.25) is 4.90 Å². The number of hydrogen-bond donors (Lipinski definition) is 2. The molecule has 1 aliphatic heterocycles. The van der Waals surface area contributed by atoms with Crippen molar-refractivity contribution in [1.82, 2.24) is 9.88 Å². The second-order valence-corrected chi connectivity index (χ2v) is 8.75. The highest BCUT2D eigenvalue weighted by molar-refractivity contribution is 5.85. The predicted molar refractivity (Wildman–Crippen MR) is 117 cm³/mol. The van der Waals surface area contributed by atoms with E-state index in [1.165, 1.54) is 6.07 Å². The number of methoxy groups -OCH3 is 1. The lowest BCUT2D eigenvalue weighted by molar-refractivity contribution is -0.100. The number of ether oxygens (including phenoxy) is 1. The summed E-state index contributed by atoms with van der Waals surface area (Å²) in [6, 6.07) is 12.9. The first-order valence-corrected chi connectivity index (χ1v) is 10.5. The molecule has 0 unspecified atom stereocenters. The molecule has 5 rings (SSSR count). The summed E-state index contributed by atoms with van der Waals surface area (Å²) in [4.78, 5) is 5.77. The van der Waals surface area contributed by atoms with Crippen molar-refractivity contribution >= 4 is 10.9 Å². The Morgan fingerprint density at radius 2 is 2.13 bits per heavy atom. The SMILES string of the molecule is C=CCN1CC[C@@]2(c3cccc(OC)c3)Cc3[nH]c4ccc(F)cc4c3C[C@]2(O)C1. The Bertz CT molecular complexity index is 1120. The van der Waals surface area contributed by atoms with Crippen LogP contribution in [0.4, 0.5) is 4.39 Å². The van der Waals surface area contributed by atoms with Gasteiger partial charge in [-0.2, -0.15) is 0 Å². The Morgan fingerprint density at radius 1 is 1.27 bits per heavy atom. The molecule has 0 spiro atoms. The first kappa shape index (κ1) is 19.3. The molecular weight excluding hydrogens is 379 g/mol. The van der Waals surface area contributed by atoms with Crippen LogP contribution < -0.4 is 4.74 Å². The zero-order valence-corrected chi connectivity index (χ0v) is 17.2. The van der Waals surface area contributed by atoms with Crippen molar-refractivity contribution in [2.24, 2.45) is 0 Å². The van der Waals surface area contributed by atoms with Crippen molar-refractivity contribution in [2.45, 2.75) is 30.3 Å². The first-order chi connectivity index (χ1) is 14.5. The number of H-pyrrole nitrogens is 1. The minimum Gasteiger partial charge on any atom is -0.497 e. The fraction of sp³-hybridized carbons (Fsp3) is 0.360. The molecule has 0 saturated carbocycles. The monoisotopic (exact) mass is 406 g/mol. The maximum Gasteiger partial charge on any atom is 0.123 e. The van der Waals surface area contributed by atoms with Gasteiger partial charge in [0, 0.05) is 47.9 Å². The third kappa shape index (κ3) is 2.80. The topological polar surface area (TPSA) is 48.5 Å². The zero-order chi connectivity index (χ0) is 20.9. The lowest BCUT2D eigenvalue weighted by atomic mass is 9.56. The maximum absolute atomic E-state index is 14.0. The van der Waals surface area contributed by atoms with Gasteiger partial charge in [0.2, 0.25) is 0 Å². The Balaban J connectivity index is 1.69. The third-order valence-electron chi connectivity index (χ3n) is 7.14. The molecule has 3 aromatic rings. The number of aliphatic hydroxyl groups is 1. The van der Waals surface area contributed by atoms with Crippen LogP contribution in [0, 0.1) is 5.82 Å². The Kier molecular flexibility index (Phi) is 4.49. The van der Waals surface area contributed by atoms with Gasteiger partial charge in [0.1, 0.15) is 11.6 Å². The lowest BCUT2D eigenvalue weighted by Crippen LogP contribution is -2.66. The molecule has 0 bridgehead atoms. The van der Waals surface area contributed by atoms with Gasteiger partial charge in [0.05, 0.1) is 12.7 Å². The fourth-order valence-corrected chi connectivity index (χ4v) is 5.66. The molecule has 4 nitrogen and oxygen atoms in total. The quantitative estimate of drug-likeness (QED) is 0.645. The van der Waals surface area contributed by atoms with Crippen LogP contribution in [0.25, 0.3) is 10.9 Å². The number of nitrogens with zero attached hydrogens (tertiary/aromatic N) is 1. The van der Waals surface area contributed by atoms with Gasteiger partial charge in [0.15, 0.2) is 0 Å². The molecule has 2 heterocycles. The number of halogens is 1. The summed E-state index contributed by atoms with van der Waals surface area (Å²) in [6.07, 6.45) is 3.88. The van der Waals surface area contributed by atoms with E-state index in [1.54, 1.807) is 19.2 Å². The molecule has 0 amide bonds. The highest BCUT2D eigenvalue weighted by Crippen LogP contribution is 2.51. The Morgan fingerprint density at radius 3 is 2.93 bits per heavy atom. The maximum atomic E-state index is 14.0. The number of fused-ring (bicyclic) bond motifs is 4. The second-order valence-electron chi connectivity index (χ2n) is 8.75. The first-order valence-electron chi connectivity index (χ1n) is 10.5. The third-order valence-corrected chi connectivity index (χ3v) is 7.14. The van der Waals surface area contributed by atoms with E-state index in [-0.39, 0.29) is 5.82 Å². The summed E-state index contributed by atoms with van der Waals surface area (Å²) in [5, 5.41) is 13.1. The molecule has 1 aliphatic carbocycles. The molecule has 2 aliphatic rings. The van der Waals surface area contributed by atoms with E-state index < -0.39 is 11.0 Å². The van der Waals surface area contributed by atoms with Crippen LogP contribution in [0.2, 0.25) is 0 Å². The van der Waals surface area contributed by atoms with E-state index >= 15 is 0 Å². The van der Waals surface area contributed by atoms with E-state index in [2.05, 4.69) is 28.6 Å². The van der Waals surface area contributed by atoms with Gasteiger partial charge in [-0.15, -0.1) is 6.58 Å². The molecule has 1 saturated heterocycles. The minimum absolute atomic E-state index is 0.252. The Labute approximate surface area is 176 Å². The van der Waals surface area contributed by atoms with Gasteiger partial charge >= 0.3 is 0 Å². The molecule has 156 valence electrons. The van der Waals surface area contributed by atoms with Gasteiger partial charge in [0.25, 0.3) is 0 Å². The van der Waals surface area contributed by atoms with E-state index in [0.717, 1.165) is 53.0 Å². The van der Waals surface area contributed by atoms with Crippen molar-refractivity contribution in [3.8, 4) is 5.75 Å². The van der Waals surface area contributed by atoms with Gasteiger partial charge < -0.3 is 14.8 Å². The average Bonchev–Trinajstić information content (AvgIpc) is 3.07. The number of rotatable bonds is 4. The van der Waals surface area contributed by atoms with Crippen molar-refractivity contribution in [2.75, 3.05) is 26.7 Å². The highest BCUT2D eigenvalue weighted by atomic mass is 19.1. The van der Waals surface area contributed by atoms with Crippen LogP contribution >= 0.6 is 0 Å². The number of β-amino-alcohol motifs (C(OH)–C–C–N with tert-alkyl or cyclic N) is 1. The number of benzene rings is 2. The average molecular weight is 407 g/mol. The summed E-state index contributed by atoms with van der Waals surface area (Å²) in [5.41, 5.74) is 2.73. The summed E-state index contributed by atoms with van der Waals surface area (Å²) in [6.45, 7) is 6.05. The fourth-order valence-electron chi connectivity index (χ4n) is 5.66. The van der Waals surface area contributed by atoms with Gasteiger partial charge in [-0.05, 0) is 54.4 Å². The van der Waals surface area contributed by atoms with Crippen LogP contribution in [0.3, 0.4) is 0 Å². The standard InChI is InChI=1S/C25H27FN2O2/c1-3-10-28-11-9-24(17-5-4-6-19(12-17)30-2)15-23-21(14-25(24,29)16-28)20-13-18(26)7-8-22(20)27-23/h3-8,12-13,27,29H,1,9-11,14-16H2,2H3/t24-,25-/m0/s1. The van der Waals surface area contributed by atoms with Crippen molar-refractivity contribution < 1.29 is 14.2 Å². The predicted octanol–water partition coefficient (Wildman–Crippen LogP) is 3.98. The number of aromatic nitrogens is 1. The van der Waals surface area contributed by atoms with Crippen LogP contribution in [0.15, 0.2) is 55.1 Å². The molecule has 2 atom stereocenters. The molecule has 5 heteroatoms. The van der Waals surface area contributed by atoms with E-state index in [1.807, 2.05) is 18.2 Å². The summed E-state index contributed by atoms with van der Waals surface area (Å²) in [5.74, 6) is 0.542. The number of nitrogens with one attached hydrogen (secondary N) is 1. The smallest absolute Gasteiger partial charge is 0.123 e. The van der Waals surface area contributed by atoms with Crippen molar-refractivity contribution in [3.63, 3.8) is 0 Å².